The minimum absolute atomic E-state index is 0.0295. The molecule has 2 amide bonds. The number of carbonyl (C=O) groups is 1. The van der Waals surface area contributed by atoms with Gasteiger partial charge >= 0.3 is 6.03 Å². The number of aryl methyl sites for hydroxylation is 1. The predicted molar refractivity (Wildman–Crippen MR) is 140 cm³/mol. The first-order valence-corrected chi connectivity index (χ1v) is 12.5. The molecule has 0 unspecified atom stereocenters. The average Bonchev–Trinajstić information content (AvgIpc) is 3.40. The number of anilines is 3. The van der Waals surface area contributed by atoms with Crippen LogP contribution in [0.1, 0.15) is 33.1 Å². The lowest BCUT2D eigenvalue weighted by Crippen LogP contribution is -2.47. The fraction of sp³-hybridized carbons (Fsp3) is 0.440. The predicted octanol–water partition coefficient (Wildman–Crippen LogP) is 4.23. The van der Waals surface area contributed by atoms with Gasteiger partial charge in [0.2, 0.25) is 5.88 Å². The molecule has 5 rings (SSSR count). The van der Waals surface area contributed by atoms with Gasteiger partial charge in [-0.2, -0.15) is 5.10 Å². The first kappa shape index (κ1) is 25.2. The standard InChI is InChI=1S/C25H30ClN7O4/c1-25(2)36-14-18(37-25)13-35-21-9-16(7-8-28-21)30-24(34)33(17-5-4-6-17)23-20(27)10-19(26)22(31-23)15-11-29-32(3)12-15/h7-12,17-18H,4-6,13-14,27H2,1-3H3,(H,28,30,34)/t18-/m0/s1. The van der Waals surface area contributed by atoms with Crippen LogP contribution in [0.5, 0.6) is 5.88 Å². The Kier molecular flexibility index (Phi) is 6.93. The molecule has 0 radical (unpaired) electrons. The zero-order valence-electron chi connectivity index (χ0n) is 21.0. The summed E-state index contributed by atoms with van der Waals surface area (Å²) in [5.41, 5.74) is 8.42. The molecule has 0 aromatic carbocycles. The number of nitrogens with zero attached hydrogens (tertiary/aromatic N) is 5. The van der Waals surface area contributed by atoms with E-state index in [2.05, 4.69) is 15.4 Å². The number of amides is 2. The van der Waals surface area contributed by atoms with Crippen LogP contribution in [-0.2, 0) is 16.5 Å². The van der Waals surface area contributed by atoms with Gasteiger partial charge in [-0.3, -0.25) is 9.58 Å². The van der Waals surface area contributed by atoms with Crippen LogP contribution in [0.3, 0.4) is 0 Å². The summed E-state index contributed by atoms with van der Waals surface area (Å²) in [6, 6.07) is 4.60. The quantitative estimate of drug-likeness (QED) is 0.467. The van der Waals surface area contributed by atoms with Crippen LogP contribution < -0.4 is 20.7 Å². The van der Waals surface area contributed by atoms with E-state index in [1.165, 1.54) is 0 Å². The van der Waals surface area contributed by atoms with Gasteiger partial charge in [-0.15, -0.1) is 0 Å². The number of nitrogens with two attached hydrogens (primary N) is 1. The van der Waals surface area contributed by atoms with Crippen molar-refractivity contribution >= 4 is 34.8 Å². The normalized spacial score (nSPS) is 18.9. The molecule has 196 valence electrons. The largest absolute Gasteiger partial charge is 0.475 e. The molecule has 1 aliphatic heterocycles. The van der Waals surface area contributed by atoms with Crippen molar-refractivity contribution in [3.63, 3.8) is 0 Å². The summed E-state index contributed by atoms with van der Waals surface area (Å²) in [4.78, 5) is 24.1. The maximum atomic E-state index is 13.6. The Morgan fingerprint density at radius 3 is 2.84 bits per heavy atom. The van der Waals surface area contributed by atoms with Gasteiger partial charge in [-0.05, 0) is 45.2 Å². The molecule has 2 fully saturated rings. The highest BCUT2D eigenvalue weighted by Gasteiger charge is 2.34. The third kappa shape index (κ3) is 5.63. The zero-order chi connectivity index (χ0) is 26.2. The minimum atomic E-state index is -0.628. The van der Waals surface area contributed by atoms with Crippen LogP contribution in [0, 0.1) is 0 Å². The lowest BCUT2D eigenvalue weighted by Gasteiger charge is -2.37. The van der Waals surface area contributed by atoms with Gasteiger partial charge in [0.1, 0.15) is 12.7 Å². The van der Waals surface area contributed by atoms with Crippen molar-refractivity contribution < 1.29 is 19.0 Å². The minimum Gasteiger partial charge on any atom is -0.475 e. The maximum absolute atomic E-state index is 13.6. The van der Waals surface area contributed by atoms with Gasteiger partial charge in [0.05, 0.1) is 29.2 Å². The second-order valence-electron chi connectivity index (χ2n) is 9.66. The van der Waals surface area contributed by atoms with E-state index in [9.17, 15) is 4.79 Å². The molecule has 0 spiro atoms. The van der Waals surface area contributed by atoms with Crippen LogP contribution in [0.25, 0.3) is 11.3 Å². The van der Waals surface area contributed by atoms with Gasteiger partial charge in [0.15, 0.2) is 11.6 Å². The summed E-state index contributed by atoms with van der Waals surface area (Å²) >= 11 is 6.46. The molecule has 1 aliphatic carbocycles. The number of nitrogens with one attached hydrogen (secondary N) is 1. The number of urea groups is 1. The number of carbonyl (C=O) groups excluding carboxylic acids is 1. The summed E-state index contributed by atoms with van der Waals surface area (Å²) in [6.07, 6.45) is 7.58. The number of hydrogen-bond acceptors (Lipinski definition) is 8. The molecule has 3 N–H and O–H groups in total. The molecule has 37 heavy (non-hydrogen) atoms. The number of ether oxygens (including phenoxy) is 3. The Hall–Kier alpha value is -3.41. The summed E-state index contributed by atoms with van der Waals surface area (Å²) in [7, 11) is 1.81. The van der Waals surface area contributed by atoms with Crippen molar-refractivity contribution in [1.29, 1.82) is 0 Å². The molecule has 11 nitrogen and oxygen atoms in total. The van der Waals surface area contributed by atoms with E-state index < -0.39 is 5.79 Å². The molecule has 0 bridgehead atoms. The van der Waals surface area contributed by atoms with Crippen LogP contribution in [0.2, 0.25) is 5.02 Å². The van der Waals surface area contributed by atoms with Gasteiger partial charge < -0.3 is 25.3 Å². The van der Waals surface area contributed by atoms with Crippen LogP contribution >= 0.6 is 11.6 Å². The van der Waals surface area contributed by atoms with Crippen LogP contribution in [0.15, 0.2) is 36.8 Å². The van der Waals surface area contributed by atoms with E-state index in [0.717, 1.165) is 24.8 Å². The number of pyridine rings is 2. The van der Waals surface area contributed by atoms with E-state index in [4.69, 9.17) is 36.5 Å². The summed E-state index contributed by atoms with van der Waals surface area (Å²) in [5.74, 6) is 0.0951. The molecule has 1 saturated carbocycles. The van der Waals surface area contributed by atoms with E-state index in [1.54, 1.807) is 40.2 Å². The Labute approximate surface area is 219 Å². The summed E-state index contributed by atoms with van der Waals surface area (Å²) in [6.45, 7) is 4.44. The zero-order valence-corrected chi connectivity index (χ0v) is 21.7. The molecule has 12 heteroatoms. The lowest BCUT2D eigenvalue weighted by atomic mass is 9.91. The molecular formula is C25H30ClN7O4. The Bertz CT molecular complexity index is 1290. The number of hydrogen-bond donors (Lipinski definition) is 2. The summed E-state index contributed by atoms with van der Waals surface area (Å²) < 4.78 is 18.8. The molecule has 1 atom stereocenters. The third-order valence-electron chi connectivity index (χ3n) is 6.32. The molecule has 3 aromatic heterocycles. The van der Waals surface area contributed by atoms with Crippen molar-refractivity contribution in [1.82, 2.24) is 19.7 Å². The number of rotatable bonds is 7. The number of aromatic nitrogens is 4. The first-order valence-electron chi connectivity index (χ1n) is 12.1. The van der Waals surface area contributed by atoms with E-state index in [-0.39, 0.29) is 24.8 Å². The Balaban J connectivity index is 1.34. The summed E-state index contributed by atoms with van der Waals surface area (Å²) in [5, 5.41) is 7.53. The maximum Gasteiger partial charge on any atom is 0.327 e. The molecular weight excluding hydrogens is 498 g/mol. The second kappa shape index (κ2) is 10.2. The highest BCUT2D eigenvalue weighted by Crippen LogP contribution is 2.37. The highest BCUT2D eigenvalue weighted by molar-refractivity contribution is 6.33. The van der Waals surface area contributed by atoms with Gasteiger partial charge in [0.25, 0.3) is 0 Å². The third-order valence-corrected chi connectivity index (χ3v) is 6.61. The molecule has 4 heterocycles. The molecule has 2 aliphatic rings. The van der Waals surface area contributed by atoms with E-state index in [0.29, 0.717) is 40.4 Å². The van der Waals surface area contributed by atoms with Crippen molar-refractivity contribution in [3.05, 3.63) is 41.8 Å². The van der Waals surface area contributed by atoms with Gasteiger partial charge in [-0.25, -0.2) is 14.8 Å². The topological polar surface area (TPSA) is 130 Å². The number of nitrogen functional groups attached to an aromatic ring is 1. The van der Waals surface area contributed by atoms with E-state index >= 15 is 0 Å². The second-order valence-corrected chi connectivity index (χ2v) is 10.1. The van der Waals surface area contributed by atoms with E-state index in [1.807, 2.05) is 27.1 Å². The van der Waals surface area contributed by atoms with Crippen LogP contribution in [0.4, 0.5) is 22.0 Å². The highest BCUT2D eigenvalue weighted by atomic mass is 35.5. The van der Waals surface area contributed by atoms with Crippen LogP contribution in [-0.4, -0.2) is 56.9 Å². The molecule has 3 aromatic rings. The fourth-order valence-electron chi connectivity index (χ4n) is 4.29. The number of halogens is 1. The average molecular weight is 528 g/mol. The first-order chi connectivity index (χ1) is 17.7. The van der Waals surface area contributed by atoms with Crippen molar-refractivity contribution in [3.8, 4) is 17.1 Å². The fourth-order valence-corrected chi connectivity index (χ4v) is 4.55. The smallest absolute Gasteiger partial charge is 0.327 e. The van der Waals surface area contributed by atoms with Crippen molar-refractivity contribution in [2.75, 3.05) is 29.2 Å². The van der Waals surface area contributed by atoms with Gasteiger partial charge in [-0.1, -0.05) is 11.6 Å². The van der Waals surface area contributed by atoms with Crippen molar-refractivity contribution in [2.24, 2.45) is 7.05 Å². The monoisotopic (exact) mass is 527 g/mol. The van der Waals surface area contributed by atoms with Crippen molar-refractivity contribution in [2.45, 2.75) is 51.0 Å². The SMILES string of the molecule is Cn1cc(-c2nc(N(C(=O)Nc3ccnc(OC[C@H]4COC(C)(C)O4)c3)C3CCC3)c(N)cc2Cl)cn1. The lowest BCUT2D eigenvalue weighted by molar-refractivity contribution is -0.141. The molecule has 1 saturated heterocycles. The Morgan fingerprint density at radius 1 is 1.38 bits per heavy atom. The van der Waals surface area contributed by atoms with Gasteiger partial charge in [0, 0.05) is 42.8 Å². The Morgan fingerprint density at radius 2 is 2.19 bits per heavy atom.